The molecule has 1 unspecified atom stereocenters. The van der Waals surface area contributed by atoms with Crippen LogP contribution in [0.5, 0.6) is 0 Å². The summed E-state index contributed by atoms with van der Waals surface area (Å²) in [5.74, 6) is 0.898. The van der Waals surface area contributed by atoms with E-state index in [-0.39, 0.29) is 11.9 Å². The zero-order chi connectivity index (χ0) is 11.3. The third-order valence-corrected chi connectivity index (χ3v) is 2.21. The molecule has 1 aromatic heterocycles. The highest BCUT2D eigenvalue weighted by Gasteiger charge is 2.10. The number of hydrogen-bond acceptors (Lipinski definition) is 3. The van der Waals surface area contributed by atoms with Crippen molar-refractivity contribution < 1.29 is 9.21 Å². The number of furan rings is 1. The van der Waals surface area contributed by atoms with Gasteiger partial charge in [-0.25, -0.2) is 0 Å². The summed E-state index contributed by atoms with van der Waals surface area (Å²) in [4.78, 5) is 13.3. The number of rotatable bonds is 5. The molecule has 0 spiro atoms. The van der Waals surface area contributed by atoms with Crippen LogP contribution in [0.25, 0.3) is 0 Å². The Balaban J connectivity index is 2.33. The molecule has 15 heavy (non-hydrogen) atoms. The second-order valence-electron chi connectivity index (χ2n) is 3.85. The summed E-state index contributed by atoms with van der Waals surface area (Å²) in [7, 11) is 1.77. The SMILES string of the molecule is CC(N)CCC(=O)N(C)Cc1ccco1. The third-order valence-electron chi connectivity index (χ3n) is 2.21. The lowest BCUT2D eigenvalue weighted by Gasteiger charge is -2.16. The summed E-state index contributed by atoms with van der Waals surface area (Å²) in [6.07, 6.45) is 2.83. The molecule has 1 heterocycles. The Morgan fingerprint density at radius 1 is 1.67 bits per heavy atom. The maximum atomic E-state index is 11.6. The minimum absolute atomic E-state index is 0.0750. The zero-order valence-electron chi connectivity index (χ0n) is 9.27. The van der Waals surface area contributed by atoms with Gasteiger partial charge in [0.1, 0.15) is 5.76 Å². The average molecular weight is 210 g/mol. The smallest absolute Gasteiger partial charge is 0.222 e. The summed E-state index contributed by atoms with van der Waals surface area (Å²) in [5, 5.41) is 0. The standard InChI is InChI=1S/C11H18N2O2/c1-9(12)5-6-11(14)13(2)8-10-4-3-7-15-10/h3-4,7,9H,5-6,8,12H2,1-2H3. The molecule has 0 aliphatic heterocycles. The van der Waals surface area contributed by atoms with Crippen LogP contribution >= 0.6 is 0 Å². The maximum absolute atomic E-state index is 11.6. The summed E-state index contributed by atoms with van der Waals surface area (Å²) >= 11 is 0. The topological polar surface area (TPSA) is 59.5 Å². The largest absolute Gasteiger partial charge is 0.467 e. The van der Waals surface area contributed by atoms with Gasteiger partial charge in [0, 0.05) is 19.5 Å². The third kappa shape index (κ3) is 4.16. The van der Waals surface area contributed by atoms with Crippen LogP contribution < -0.4 is 5.73 Å². The molecule has 1 aromatic rings. The fourth-order valence-electron chi connectivity index (χ4n) is 1.27. The maximum Gasteiger partial charge on any atom is 0.222 e. The highest BCUT2D eigenvalue weighted by Crippen LogP contribution is 2.06. The van der Waals surface area contributed by atoms with E-state index in [1.807, 2.05) is 19.1 Å². The second kappa shape index (κ2) is 5.56. The molecule has 2 N–H and O–H groups in total. The van der Waals surface area contributed by atoms with Crippen molar-refractivity contribution in [2.75, 3.05) is 7.05 Å². The lowest BCUT2D eigenvalue weighted by molar-refractivity contribution is -0.130. The van der Waals surface area contributed by atoms with Crippen LogP contribution in [0, 0.1) is 0 Å². The molecule has 1 atom stereocenters. The normalized spacial score (nSPS) is 12.5. The fraction of sp³-hybridized carbons (Fsp3) is 0.545. The summed E-state index contributed by atoms with van der Waals surface area (Å²) in [6.45, 7) is 2.42. The average Bonchev–Trinajstić information content (AvgIpc) is 2.66. The van der Waals surface area contributed by atoms with Crippen LogP contribution in [0.1, 0.15) is 25.5 Å². The molecular formula is C11H18N2O2. The van der Waals surface area contributed by atoms with E-state index in [9.17, 15) is 4.79 Å². The molecule has 0 saturated carbocycles. The van der Waals surface area contributed by atoms with Crippen molar-refractivity contribution >= 4 is 5.91 Å². The van der Waals surface area contributed by atoms with E-state index in [4.69, 9.17) is 10.2 Å². The van der Waals surface area contributed by atoms with E-state index in [0.29, 0.717) is 13.0 Å². The number of carbonyl (C=O) groups is 1. The van der Waals surface area contributed by atoms with E-state index >= 15 is 0 Å². The Bertz CT molecular complexity index is 294. The molecule has 0 aliphatic rings. The molecular weight excluding hydrogens is 192 g/mol. The molecule has 4 heteroatoms. The molecule has 84 valence electrons. The van der Waals surface area contributed by atoms with Gasteiger partial charge in [0.25, 0.3) is 0 Å². The Morgan fingerprint density at radius 3 is 2.93 bits per heavy atom. The van der Waals surface area contributed by atoms with Crippen molar-refractivity contribution in [3.8, 4) is 0 Å². The van der Waals surface area contributed by atoms with E-state index in [2.05, 4.69) is 0 Å². The number of amides is 1. The number of nitrogens with two attached hydrogens (primary N) is 1. The van der Waals surface area contributed by atoms with Gasteiger partial charge in [-0.3, -0.25) is 4.79 Å². The van der Waals surface area contributed by atoms with E-state index in [1.54, 1.807) is 18.2 Å². The van der Waals surface area contributed by atoms with Crippen molar-refractivity contribution in [3.05, 3.63) is 24.2 Å². The van der Waals surface area contributed by atoms with Crippen molar-refractivity contribution in [1.29, 1.82) is 0 Å². The molecule has 0 bridgehead atoms. The predicted molar refractivity (Wildman–Crippen MR) is 58.1 cm³/mol. The van der Waals surface area contributed by atoms with Crippen LogP contribution in [-0.2, 0) is 11.3 Å². The van der Waals surface area contributed by atoms with E-state index < -0.39 is 0 Å². The minimum Gasteiger partial charge on any atom is -0.467 e. The van der Waals surface area contributed by atoms with Gasteiger partial charge in [-0.15, -0.1) is 0 Å². The summed E-state index contributed by atoms with van der Waals surface area (Å²) in [6, 6.07) is 3.75. The van der Waals surface area contributed by atoms with Gasteiger partial charge < -0.3 is 15.1 Å². The van der Waals surface area contributed by atoms with Gasteiger partial charge in [0.2, 0.25) is 5.91 Å². The Labute approximate surface area is 90.0 Å². The van der Waals surface area contributed by atoms with Crippen LogP contribution in [0.4, 0.5) is 0 Å². The molecule has 0 radical (unpaired) electrons. The minimum atomic E-state index is 0.0750. The molecule has 4 nitrogen and oxygen atoms in total. The van der Waals surface area contributed by atoms with Crippen LogP contribution in [0.15, 0.2) is 22.8 Å². The van der Waals surface area contributed by atoms with Gasteiger partial charge in [-0.05, 0) is 25.5 Å². The Kier molecular flexibility index (Phi) is 4.37. The van der Waals surface area contributed by atoms with Gasteiger partial charge in [-0.1, -0.05) is 0 Å². The van der Waals surface area contributed by atoms with Crippen LogP contribution in [0.2, 0.25) is 0 Å². The monoisotopic (exact) mass is 210 g/mol. The van der Waals surface area contributed by atoms with Crippen molar-refractivity contribution in [1.82, 2.24) is 4.90 Å². The number of hydrogen-bond donors (Lipinski definition) is 1. The second-order valence-corrected chi connectivity index (χ2v) is 3.85. The Hall–Kier alpha value is -1.29. The van der Waals surface area contributed by atoms with Gasteiger partial charge in [0.15, 0.2) is 0 Å². The van der Waals surface area contributed by atoms with Crippen molar-refractivity contribution in [2.24, 2.45) is 5.73 Å². The lowest BCUT2D eigenvalue weighted by atomic mass is 10.2. The first-order valence-electron chi connectivity index (χ1n) is 5.11. The van der Waals surface area contributed by atoms with E-state index in [0.717, 1.165) is 12.2 Å². The van der Waals surface area contributed by atoms with Gasteiger partial charge in [0.05, 0.1) is 12.8 Å². The van der Waals surface area contributed by atoms with Crippen LogP contribution in [-0.4, -0.2) is 23.9 Å². The predicted octanol–water partition coefficient (Wildman–Crippen LogP) is 1.37. The molecule has 0 saturated heterocycles. The van der Waals surface area contributed by atoms with Gasteiger partial charge >= 0.3 is 0 Å². The number of nitrogens with zero attached hydrogens (tertiary/aromatic N) is 1. The zero-order valence-corrected chi connectivity index (χ0v) is 9.27. The Morgan fingerprint density at radius 2 is 2.40 bits per heavy atom. The lowest BCUT2D eigenvalue weighted by Crippen LogP contribution is -2.27. The highest BCUT2D eigenvalue weighted by molar-refractivity contribution is 5.75. The fourth-order valence-corrected chi connectivity index (χ4v) is 1.27. The first kappa shape index (κ1) is 11.8. The first-order valence-corrected chi connectivity index (χ1v) is 5.11. The van der Waals surface area contributed by atoms with Crippen molar-refractivity contribution in [2.45, 2.75) is 32.4 Å². The molecule has 0 aliphatic carbocycles. The first-order chi connectivity index (χ1) is 7.09. The van der Waals surface area contributed by atoms with E-state index in [1.165, 1.54) is 0 Å². The van der Waals surface area contributed by atoms with Crippen molar-refractivity contribution in [3.63, 3.8) is 0 Å². The summed E-state index contributed by atoms with van der Waals surface area (Å²) < 4.78 is 5.16. The molecule has 1 amide bonds. The van der Waals surface area contributed by atoms with Gasteiger partial charge in [-0.2, -0.15) is 0 Å². The highest BCUT2D eigenvalue weighted by atomic mass is 16.3. The van der Waals surface area contributed by atoms with Crippen LogP contribution in [0.3, 0.4) is 0 Å². The molecule has 0 aromatic carbocycles. The summed E-state index contributed by atoms with van der Waals surface area (Å²) in [5.41, 5.74) is 5.59. The molecule has 1 rings (SSSR count). The quantitative estimate of drug-likeness (QED) is 0.798. The number of carbonyl (C=O) groups excluding carboxylic acids is 1. The molecule has 0 fully saturated rings.